The maximum absolute atomic E-state index is 8.94. The molecule has 3 nitrogen and oxygen atoms in total. The van der Waals surface area contributed by atoms with Gasteiger partial charge in [-0.05, 0) is 18.6 Å². The lowest BCUT2D eigenvalue weighted by molar-refractivity contribution is 0.207. The minimum Gasteiger partial charge on any atom is -0.489 e. The fourth-order valence-corrected chi connectivity index (χ4v) is 1.50. The van der Waals surface area contributed by atoms with Crippen molar-refractivity contribution in [2.24, 2.45) is 0 Å². The van der Waals surface area contributed by atoms with Crippen LogP contribution < -0.4 is 10.1 Å². The molecule has 0 saturated heterocycles. The maximum atomic E-state index is 8.94. The van der Waals surface area contributed by atoms with E-state index in [2.05, 4.69) is 5.32 Å². The summed E-state index contributed by atoms with van der Waals surface area (Å²) in [6.45, 7) is 2.65. The average molecular weight is 179 g/mol. The highest BCUT2D eigenvalue weighted by Gasteiger charge is 2.18. The first-order valence-electron chi connectivity index (χ1n) is 4.41. The molecule has 0 saturated carbocycles. The van der Waals surface area contributed by atoms with Gasteiger partial charge in [0, 0.05) is 0 Å². The van der Waals surface area contributed by atoms with Gasteiger partial charge in [0.2, 0.25) is 0 Å². The SMILES string of the molecule is Cc1cccc2c1OCC(CO)N2. The summed E-state index contributed by atoms with van der Waals surface area (Å²) in [6.07, 6.45) is 0. The van der Waals surface area contributed by atoms with Gasteiger partial charge in [-0.3, -0.25) is 0 Å². The summed E-state index contributed by atoms with van der Waals surface area (Å²) in [4.78, 5) is 0. The van der Waals surface area contributed by atoms with Crippen molar-refractivity contribution < 1.29 is 9.84 Å². The van der Waals surface area contributed by atoms with Gasteiger partial charge >= 0.3 is 0 Å². The first-order valence-corrected chi connectivity index (χ1v) is 4.41. The van der Waals surface area contributed by atoms with Crippen LogP contribution in [-0.2, 0) is 0 Å². The normalized spacial score (nSPS) is 20.0. The number of aryl methyl sites for hydroxylation is 1. The summed E-state index contributed by atoms with van der Waals surface area (Å²) in [5.41, 5.74) is 2.10. The van der Waals surface area contributed by atoms with Gasteiger partial charge in [0.15, 0.2) is 0 Å². The number of anilines is 1. The Hall–Kier alpha value is -1.22. The number of hydrogen-bond donors (Lipinski definition) is 2. The molecule has 2 N–H and O–H groups in total. The molecule has 1 heterocycles. The minimum atomic E-state index is 0.0225. The van der Waals surface area contributed by atoms with Crippen molar-refractivity contribution in [3.05, 3.63) is 23.8 Å². The van der Waals surface area contributed by atoms with Gasteiger partial charge in [-0.25, -0.2) is 0 Å². The number of aliphatic hydroxyl groups is 1. The summed E-state index contributed by atoms with van der Waals surface area (Å²) >= 11 is 0. The summed E-state index contributed by atoms with van der Waals surface area (Å²) in [7, 11) is 0. The smallest absolute Gasteiger partial charge is 0.145 e. The van der Waals surface area contributed by atoms with E-state index in [0.29, 0.717) is 6.61 Å². The summed E-state index contributed by atoms with van der Waals surface area (Å²) < 4.78 is 5.54. The number of hydrogen-bond acceptors (Lipinski definition) is 3. The third-order valence-electron chi connectivity index (χ3n) is 2.22. The molecule has 0 aliphatic carbocycles. The zero-order valence-electron chi connectivity index (χ0n) is 7.58. The fraction of sp³-hybridized carbons (Fsp3) is 0.400. The van der Waals surface area contributed by atoms with Crippen molar-refractivity contribution in [3.8, 4) is 5.75 Å². The second-order valence-electron chi connectivity index (χ2n) is 3.29. The van der Waals surface area contributed by atoms with Crippen LogP contribution in [0.15, 0.2) is 18.2 Å². The van der Waals surface area contributed by atoms with Crippen LogP contribution in [0.4, 0.5) is 5.69 Å². The number of nitrogens with one attached hydrogen (secondary N) is 1. The van der Waals surface area contributed by atoms with Crippen LogP contribution >= 0.6 is 0 Å². The van der Waals surface area contributed by atoms with Crippen LogP contribution in [0.5, 0.6) is 5.75 Å². The van der Waals surface area contributed by atoms with E-state index >= 15 is 0 Å². The van der Waals surface area contributed by atoms with Crippen molar-refractivity contribution in [2.75, 3.05) is 18.5 Å². The second-order valence-corrected chi connectivity index (χ2v) is 3.29. The van der Waals surface area contributed by atoms with Crippen molar-refractivity contribution in [1.82, 2.24) is 0 Å². The molecule has 0 bridgehead atoms. The lowest BCUT2D eigenvalue weighted by Gasteiger charge is -2.27. The highest BCUT2D eigenvalue weighted by Crippen LogP contribution is 2.31. The Kier molecular flexibility index (Phi) is 2.10. The van der Waals surface area contributed by atoms with E-state index in [0.717, 1.165) is 17.0 Å². The number of para-hydroxylation sites is 1. The molecule has 1 unspecified atom stereocenters. The van der Waals surface area contributed by atoms with E-state index in [1.165, 1.54) is 0 Å². The number of rotatable bonds is 1. The molecule has 1 aromatic carbocycles. The first-order chi connectivity index (χ1) is 6.31. The topological polar surface area (TPSA) is 41.5 Å². The van der Waals surface area contributed by atoms with Crippen molar-refractivity contribution in [2.45, 2.75) is 13.0 Å². The third kappa shape index (κ3) is 1.47. The van der Waals surface area contributed by atoms with E-state index in [4.69, 9.17) is 9.84 Å². The van der Waals surface area contributed by atoms with Crippen LogP contribution in [0.1, 0.15) is 5.56 Å². The molecule has 0 spiro atoms. The Labute approximate surface area is 77.3 Å². The Morgan fingerprint density at radius 1 is 1.62 bits per heavy atom. The summed E-state index contributed by atoms with van der Waals surface area (Å²) in [5, 5.41) is 12.2. The fourth-order valence-electron chi connectivity index (χ4n) is 1.50. The Morgan fingerprint density at radius 3 is 3.23 bits per heavy atom. The molecule has 0 amide bonds. The Morgan fingerprint density at radius 2 is 2.46 bits per heavy atom. The van der Waals surface area contributed by atoms with Gasteiger partial charge in [-0.2, -0.15) is 0 Å². The monoisotopic (exact) mass is 179 g/mol. The van der Waals surface area contributed by atoms with Gasteiger partial charge < -0.3 is 15.2 Å². The summed E-state index contributed by atoms with van der Waals surface area (Å²) in [5.74, 6) is 0.909. The zero-order chi connectivity index (χ0) is 9.26. The van der Waals surface area contributed by atoms with Crippen molar-refractivity contribution in [1.29, 1.82) is 0 Å². The van der Waals surface area contributed by atoms with Gasteiger partial charge in [0.1, 0.15) is 12.4 Å². The number of benzene rings is 1. The average Bonchev–Trinajstić information content (AvgIpc) is 2.18. The third-order valence-corrected chi connectivity index (χ3v) is 2.22. The summed E-state index contributed by atoms with van der Waals surface area (Å²) in [6, 6.07) is 5.98. The van der Waals surface area contributed by atoms with Crippen LogP contribution in [0.3, 0.4) is 0 Å². The van der Waals surface area contributed by atoms with E-state index < -0.39 is 0 Å². The molecule has 1 aliphatic heterocycles. The second kappa shape index (κ2) is 3.26. The predicted molar refractivity (Wildman–Crippen MR) is 51.2 cm³/mol. The van der Waals surface area contributed by atoms with Gasteiger partial charge in [0.05, 0.1) is 18.3 Å². The molecule has 0 fully saturated rings. The maximum Gasteiger partial charge on any atom is 0.145 e. The Bertz CT molecular complexity index is 312. The van der Waals surface area contributed by atoms with Crippen molar-refractivity contribution in [3.63, 3.8) is 0 Å². The molecule has 0 radical (unpaired) electrons. The highest BCUT2D eigenvalue weighted by atomic mass is 16.5. The molecule has 3 heteroatoms. The molecule has 0 aromatic heterocycles. The van der Waals surface area contributed by atoms with Crippen LogP contribution in [-0.4, -0.2) is 24.4 Å². The van der Waals surface area contributed by atoms with Crippen molar-refractivity contribution >= 4 is 5.69 Å². The van der Waals surface area contributed by atoms with Gasteiger partial charge in [-0.15, -0.1) is 0 Å². The van der Waals surface area contributed by atoms with Gasteiger partial charge in [0.25, 0.3) is 0 Å². The molecule has 70 valence electrons. The molecule has 1 aliphatic rings. The van der Waals surface area contributed by atoms with E-state index in [-0.39, 0.29) is 12.6 Å². The highest BCUT2D eigenvalue weighted by molar-refractivity contribution is 5.61. The van der Waals surface area contributed by atoms with E-state index in [9.17, 15) is 0 Å². The van der Waals surface area contributed by atoms with Crippen LogP contribution in [0.2, 0.25) is 0 Å². The molecule has 1 aromatic rings. The quantitative estimate of drug-likeness (QED) is 0.679. The minimum absolute atomic E-state index is 0.0225. The lowest BCUT2D eigenvalue weighted by atomic mass is 10.1. The zero-order valence-corrected chi connectivity index (χ0v) is 7.58. The molecular weight excluding hydrogens is 166 g/mol. The number of aliphatic hydroxyl groups excluding tert-OH is 1. The van der Waals surface area contributed by atoms with Crippen LogP contribution in [0, 0.1) is 6.92 Å². The number of ether oxygens (including phenoxy) is 1. The molecule has 13 heavy (non-hydrogen) atoms. The van der Waals surface area contributed by atoms with Gasteiger partial charge in [-0.1, -0.05) is 12.1 Å². The largest absolute Gasteiger partial charge is 0.489 e. The Balaban J connectivity index is 2.31. The van der Waals surface area contributed by atoms with E-state index in [1.54, 1.807) is 0 Å². The predicted octanol–water partition coefficient (Wildman–Crippen LogP) is 1.16. The molecule has 1 atom stereocenters. The van der Waals surface area contributed by atoms with E-state index in [1.807, 2.05) is 25.1 Å². The molecular formula is C10H13NO2. The van der Waals surface area contributed by atoms with Crippen LogP contribution in [0.25, 0.3) is 0 Å². The standard InChI is InChI=1S/C10H13NO2/c1-7-3-2-4-9-10(7)13-6-8(5-12)11-9/h2-4,8,11-12H,5-6H2,1H3. The lowest BCUT2D eigenvalue weighted by Crippen LogP contribution is -2.34. The molecule has 2 rings (SSSR count). The first kappa shape index (κ1) is 8.38. The number of fused-ring (bicyclic) bond motifs is 1.